The van der Waals surface area contributed by atoms with Crippen molar-refractivity contribution in [3.05, 3.63) is 0 Å². The quantitative estimate of drug-likeness (QED) is 0.328. The normalized spacial score (nSPS) is 39.1. The number of amides is 1. The average Bonchev–Trinajstić information content (AvgIpc) is 3.42. The third-order valence-electron chi connectivity index (χ3n) is 6.28. The first kappa shape index (κ1) is 26.1. The fraction of sp³-hybridized carbons (Fsp3) is 0.895. The maximum Gasteiger partial charge on any atom is 0.328 e. The van der Waals surface area contributed by atoms with Gasteiger partial charge in [0.25, 0.3) is 0 Å². The summed E-state index contributed by atoms with van der Waals surface area (Å²) >= 11 is 5.84. The van der Waals surface area contributed by atoms with Crippen LogP contribution < -0.4 is 0 Å². The summed E-state index contributed by atoms with van der Waals surface area (Å²) in [6, 6.07) is 2.35. The summed E-state index contributed by atoms with van der Waals surface area (Å²) in [5.74, 6) is -0.601. The molecule has 3 heterocycles. The van der Waals surface area contributed by atoms with E-state index in [4.69, 9.17) is 39.6 Å². The van der Waals surface area contributed by atoms with E-state index in [-0.39, 0.29) is 55.5 Å². The molecule has 3 fully saturated rings. The van der Waals surface area contributed by atoms with Crippen molar-refractivity contribution in [2.24, 2.45) is 5.92 Å². The molecule has 0 N–H and O–H groups in total. The summed E-state index contributed by atoms with van der Waals surface area (Å²) in [5, 5.41) is 9.60. The van der Waals surface area contributed by atoms with Gasteiger partial charge in [0, 0.05) is 39.1 Å². The Labute approximate surface area is 197 Å². The first-order valence-electron chi connectivity index (χ1n) is 11.3. The van der Waals surface area contributed by atoms with E-state index in [2.05, 4.69) is 6.07 Å². The fourth-order valence-electron chi connectivity index (χ4n) is 4.55. The van der Waals surface area contributed by atoms with Gasteiger partial charge in [-0.15, -0.1) is 0 Å². The van der Waals surface area contributed by atoms with Crippen LogP contribution in [0.4, 0.5) is 0 Å². The van der Waals surface area contributed by atoms with E-state index in [1.54, 1.807) is 12.0 Å². The highest BCUT2D eigenvalue weighted by Gasteiger charge is 2.44. The summed E-state index contributed by atoms with van der Waals surface area (Å²) in [5.41, 5.74) is 0. The van der Waals surface area contributed by atoms with Crippen LogP contribution in [0.15, 0.2) is 0 Å². The van der Waals surface area contributed by atoms with Crippen molar-refractivity contribution in [1.82, 2.24) is 4.90 Å². The molecule has 3 aliphatic rings. The van der Waals surface area contributed by atoms with Gasteiger partial charge >= 0.3 is 6.72 Å². The first-order chi connectivity index (χ1) is 15.2. The van der Waals surface area contributed by atoms with Crippen LogP contribution >= 0.6 is 6.72 Å². The van der Waals surface area contributed by atoms with Crippen molar-refractivity contribution in [3.8, 4) is 6.07 Å². The number of carbonyl (C=O) groups excluding carboxylic acids is 1. The van der Waals surface area contributed by atoms with Crippen molar-refractivity contribution in [2.45, 2.75) is 75.6 Å². The van der Waals surface area contributed by atoms with E-state index in [9.17, 15) is 10.1 Å². The number of likely N-dealkylation sites (tertiary alicyclic amines) is 1. The molecule has 0 saturated carbocycles. The van der Waals surface area contributed by atoms with Crippen LogP contribution in [-0.4, -0.2) is 95.8 Å². The Bertz CT molecular complexity index is 760. The molecule has 9 atom stereocenters. The fourth-order valence-corrected chi connectivity index (χ4v) is 7.00. The molecule has 9 nitrogen and oxygen atoms in total. The van der Waals surface area contributed by atoms with Crippen LogP contribution in [0.2, 0.25) is 0 Å². The molecular weight excluding hydrogens is 453 g/mol. The van der Waals surface area contributed by atoms with Crippen LogP contribution in [0.3, 0.4) is 0 Å². The molecule has 0 radical (unpaired) electrons. The van der Waals surface area contributed by atoms with E-state index in [0.29, 0.717) is 13.0 Å². The first-order valence-corrected chi connectivity index (χ1v) is 13.8. The Morgan fingerprint density at radius 3 is 2.38 bits per heavy atom. The lowest BCUT2D eigenvalue weighted by Crippen LogP contribution is -2.31. The number of ether oxygens (including phenoxy) is 3. The Balaban J connectivity index is 1.75. The zero-order valence-corrected chi connectivity index (χ0v) is 21.2. The van der Waals surface area contributed by atoms with E-state index in [1.165, 1.54) is 6.92 Å². The summed E-state index contributed by atoms with van der Waals surface area (Å²) < 4.78 is 36.1. The minimum Gasteiger partial charge on any atom is -0.381 e. The van der Waals surface area contributed by atoms with Gasteiger partial charge in [0.15, 0.2) is 0 Å². The second-order valence-electron chi connectivity index (χ2n) is 8.81. The second-order valence-corrected chi connectivity index (χ2v) is 11.7. The highest BCUT2D eigenvalue weighted by molar-refractivity contribution is 8.07. The molecule has 3 unspecified atom stereocenters. The van der Waals surface area contributed by atoms with Crippen LogP contribution in [0.5, 0.6) is 0 Å². The van der Waals surface area contributed by atoms with Gasteiger partial charge in [0.2, 0.25) is 5.91 Å². The minimum absolute atomic E-state index is 0.0526. The van der Waals surface area contributed by atoms with E-state index in [0.717, 1.165) is 12.8 Å². The highest BCUT2D eigenvalue weighted by atomic mass is 32.5. The van der Waals surface area contributed by atoms with E-state index < -0.39 is 18.7 Å². The van der Waals surface area contributed by atoms with Gasteiger partial charge in [0.1, 0.15) is 27.9 Å². The summed E-state index contributed by atoms with van der Waals surface area (Å²) in [7, 11) is 5.64. The van der Waals surface area contributed by atoms with Crippen molar-refractivity contribution >= 4 is 40.1 Å². The lowest BCUT2D eigenvalue weighted by Gasteiger charge is -2.31. The molecule has 0 aromatic heterocycles. The Kier molecular flexibility index (Phi) is 9.21. The Morgan fingerprint density at radius 1 is 1.16 bits per heavy atom. The molecule has 178 valence electrons. The molecule has 13 heteroatoms. The van der Waals surface area contributed by atoms with Crippen molar-refractivity contribution in [2.75, 3.05) is 26.8 Å². The standard InChI is InChI=1S/C19H33B2N2O7PS/c1-4-13-15(6-19(21)27-13)29-31(32,26-10-17-14(25-3)5-18(20)28-17)30-16-9-23(11(2)24)8-12(16)7-22/h12-19H,4-6,8-10,20-21H2,1-3H3/t12-,13-,14?,15?,16+,17-,18-,19-,31?/m1/s1. The van der Waals surface area contributed by atoms with Gasteiger partial charge in [-0.05, 0) is 31.1 Å². The van der Waals surface area contributed by atoms with Crippen molar-refractivity contribution in [3.63, 3.8) is 0 Å². The molecule has 0 aliphatic carbocycles. The molecule has 0 aromatic carbocycles. The number of nitriles is 1. The number of methoxy groups -OCH3 is 1. The van der Waals surface area contributed by atoms with Crippen LogP contribution in [0, 0.1) is 17.2 Å². The number of nitrogens with zero attached hydrogens (tertiary/aromatic N) is 2. The van der Waals surface area contributed by atoms with Gasteiger partial charge < -0.3 is 32.7 Å². The lowest BCUT2D eigenvalue weighted by atomic mass is 9.96. The lowest BCUT2D eigenvalue weighted by molar-refractivity contribution is -0.128. The summed E-state index contributed by atoms with van der Waals surface area (Å²) in [4.78, 5) is 13.4. The number of hydrogen-bond donors (Lipinski definition) is 0. The zero-order valence-electron chi connectivity index (χ0n) is 19.5. The molecule has 0 bridgehead atoms. The average molecular weight is 486 g/mol. The molecule has 32 heavy (non-hydrogen) atoms. The molecule has 3 saturated heterocycles. The molecule has 3 rings (SSSR count). The molecule has 0 spiro atoms. The Morgan fingerprint density at radius 2 is 1.78 bits per heavy atom. The molecule has 3 aliphatic heterocycles. The monoisotopic (exact) mass is 486 g/mol. The zero-order chi connectivity index (χ0) is 23.5. The van der Waals surface area contributed by atoms with E-state index >= 15 is 0 Å². The second kappa shape index (κ2) is 11.3. The summed E-state index contributed by atoms with van der Waals surface area (Å²) in [6.45, 7) is 0.990. The van der Waals surface area contributed by atoms with Gasteiger partial charge in [0.05, 0.1) is 36.9 Å². The van der Waals surface area contributed by atoms with Crippen molar-refractivity contribution in [1.29, 1.82) is 5.26 Å². The van der Waals surface area contributed by atoms with Crippen LogP contribution in [0.1, 0.15) is 33.1 Å². The molecule has 0 aromatic rings. The van der Waals surface area contributed by atoms with Gasteiger partial charge in [-0.2, -0.15) is 5.26 Å². The molecule has 1 amide bonds. The van der Waals surface area contributed by atoms with Gasteiger partial charge in [-0.3, -0.25) is 4.79 Å². The number of hydrogen-bond acceptors (Lipinski definition) is 9. The third kappa shape index (κ3) is 6.34. The van der Waals surface area contributed by atoms with Crippen LogP contribution in [0.25, 0.3) is 0 Å². The maximum absolute atomic E-state index is 11.8. The predicted molar refractivity (Wildman–Crippen MR) is 126 cm³/mol. The van der Waals surface area contributed by atoms with E-state index in [1.807, 2.05) is 22.6 Å². The van der Waals surface area contributed by atoms with Crippen LogP contribution in [-0.2, 0) is 44.4 Å². The highest BCUT2D eigenvalue weighted by Crippen LogP contribution is 2.55. The molecular formula is C19H33B2N2O7PS. The topological polar surface area (TPSA) is 99.5 Å². The van der Waals surface area contributed by atoms with Gasteiger partial charge in [-0.1, -0.05) is 6.92 Å². The third-order valence-corrected chi connectivity index (χ3v) is 8.64. The van der Waals surface area contributed by atoms with Crippen molar-refractivity contribution < 1.29 is 32.6 Å². The largest absolute Gasteiger partial charge is 0.381 e. The number of carbonyl (C=O) groups is 1. The smallest absolute Gasteiger partial charge is 0.328 e. The van der Waals surface area contributed by atoms with Gasteiger partial charge in [-0.25, -0.2) is 0 Å². The maximum atomic E-state index is 11.8. The summed E-state index contributed by atoms with van der Waals surface area (Å²) in [6.07, 6.45) is 0.929. The minimum atomic E-state index is -3.28. The SMILES string of the molecule is B[C@H]1CC(OC)[C@@H](COP(=S)(OC2C[C@H](B)O[C@@H]2CC)O[C@H]2CN(C(C)=O)C[C@H]2C#N)O1. The predicted octanol–water partition coefficient (Wildman–Crippen LogP) is -0.0790. The Hall–Kier alpha value is -0.500. The number of rotatable bonds is 9.